The van der Waals surface area contributed by atoms with Crippen LogP contribution < -0.4 is 0 Å². The Bertz CT molecular complexity index is 452. The SMILES string of the molecule is Cc1ccc(C(=O)N(CC2CC2)C(C)C)c(F)c1. The first kappa shape index (κ1) is 13.1. The van der Waals surface area contributed by atoms with Crippen molar-refractivity contribution in [1.82, 2.24) is 4.90 Å². The van der Waals surface area contributed by atoms with E-state index in [1.807, 2.05) is 20.8 Å². The molecule has 0 aliphatic heterocycles. The summed E-state index contributed by atoms with van der Waals surface area (Å²) in [6.45, 7) is 6.53. The molecule has 0 spiro atoms. The van der Waals surface area contributed by atoms with Crippen LogP contribution >= 0.6 is 0 Å². The molecule has 1 fully saturated rings. The zero-order valence-electron chi connectivity index (χ0n) is 11.2. The third-order valence-electron chi connectivity index (χ3n) is 3.39. The van der Waals surface area contributed by atoms with Crippen LogP contribution in [0.5, 0.6) is 0 Å². The van der Waals surface area contributed by atoms with E-state index in [4.69, 9.17) is 0 Å². The van der Waals surface area contributed by atoms with Gasteiger partial charge in [-0.3, -0.25) is 4.79 Å². The van der Waals surface area contributed by atoms with Crippen molar-refractivity contribution in [2.45, 2.75) is 39.7 Å². The van der Waals surface area contributed by atoms with Gasteiger partial charge in [-0.15, -0.1) is 0 Å². The van der Waals surface area contributed by atoms with Crippen LogP contribution in [0.2, 0.25) is 0 Å². The molecule has 0 N–H and O–H groups in total. The Kier molecular flexibility index (Phi) is 3.69. The molecular weight excluding hydrogens is 229 g/mol. The van der Waals surface area contributed by atoms with Crippen molar-refractivity contribution in [3.8, 4) is 0 Å². The minimum Gasteiger partial charge on any atom is -0.336 e. The Hall–Kier alpha value is -1.38. The maximum atomic E-state index is 13.8. The first-order valence-electron chi connectivity index (χ1n) is 6.56. The Balaban J connectivity index is 2.20. The van der Waals surface area contributed by atoms with Crippen LogP contribution in [0.3, 0.4) is 0 Å². The average molecular weight is 249 g/mol. The van der Waals surface area contributed by atoms with E-state index in [1.165, 1.54) is 18.9 Å². The highest BCUT2D eigenvalue weighted by Gasteiger charge is 2.29. The zero-order valence-corrected chi connectivity index (χ0v) is 11.2. The predicted octanol–water partition coefficient (Wildman–Crippen LogP) is 3.39. The summed E-state index contributed by atoms with van der Waals surface area (Å²) in [5, 5.41) is 0. The Morgan fingerprint density at radius 3 is 2.61 bits per heavy atom. The second kappa shape index (κ2) is 5.09. The van der Waals surface area contributed by atoms with E-state index in [0.29, 0.717) is 5.92 Å². The van der Waals surface area contributed by atoms with Gasteiger partial charge in [-0.25, -0.2) is 4.39 Å². The van der Waals surface area contributed by atoms with Gasteiger partial charge in [-0.05, 0) is 57.2 Å². The molecule has 1 aliphatic carbocycles. The molecular formula is C15H20FNO. The Morgan fingerprint density at radius 1 is 1.44 bits per heavy atom. The molecule has 98 valence electrons. The van der Waals surface area contributed by atoms with Gasteiger partial charge in [-0.1, -0.05) is 6.07 Å². The van der Waals surface area contributed by atoms with Gasteiger partial charge in [0.2, 0.25) is 0 Å². The van der Waals surface area contributed by atoms with Crippen LogP contribution in [0.15, 0.2) is 18.2 Å². The van der Waals surface area contributed by atoms with E-state index in [0.717, 1.165) is 12.1 Å². The lowest BCUT2D eigenvalue weighted by Gasteiger charge is -2.27. The molecule has 0 aromatic heterocycles. The number of nitrogens with zero attached hydrogens (tertiary/aromatic N) is 1. The van der Waals surface area contributed by atoms with Gasteiger partial charge in [0.15, 0.2) is 0 Å². The molecule has 2 rings (SSSR count). The molecule has 3 heteroatoms. The second-order valence-electron chi connectivity index (χ2n) is 5.48. The van der Waals surface area contributed by atoms with Gasteiger partial charge < -0.3 is 4.90 Å². The van der Waals surface area contributed by atoms with Crippen LogP contribution in [0.25, 0.3) is 0 Å². The lowest BCUT2D eigenvalue weighted by molar-refractivity contribution is 0.0691. The number of halogens is 1. The number of benzene rings is 1. The normalized spacial score (nSPS) is 14.9. The number of hydrogen-bond acceptors (Lipinski definition) is 1. The minimum absolute atomic E-state index is 0.110. The predicted molar refractivity (Wildman–Crippen MR) is 70.0 cm³/mol. The summed E-state index contributed by atoms with van der Waals surface area (Å²) >= 11 is 0. The summed E-state index contributed by atoms with van der Waals surface area (Å²) in [6, 6.07) is 4.91. The Morgan fingerprint density at radius 2 is 2.11 bits per heavy atom. The van der Waals surface area contributed by atoms with Crippen molar-refractivity contribution < 1.29 is 9.18 Å². The molecule has 2 nitrogen and oxygen atoms in total. The van der Waals surface area contributed by atoms with Crippen molar-refractivity contribution in [3.05, 3.63) is 35.1 Å². The highest BCUT2D eigenvalue weighted by atomic mass is 19.1. The van der Waals surface area contributed by atoms with Crippen molar-refractivity contribution in [3.63, 3.8) is 0 Å². The average Bonchev–Trinajstić information content (AvgIpc) is 3.08. The number of carbonyl (C=O) groups is 1. The standard InChI is InChI=1S/C15H20FNO/c1-10(2)17(9-12-5-6-12)15(18)13-7-4-11(3)8-14(13)16/h4,7-8,10,12H,5-6,9H2,1-3H3. The number of carbonyl (C=O) groups excluding carboxylic acids is 1. The van der Waals surface area contributed by atoms with Gasteiger partial charge >= 0.3 is 0 Å². The molecule has 0 radical (unpaired) electrons. The topological polar surface area (TPSA) is 20.3 Å². The number of aryl methyl sites for hydroxylation is 1. The number of hydrogen-bond donors (Lipinski definition) is 0. The molecule has 18 heavy (non-hydrogen) atoms. The van der Waals surface area contributed by atoms with Crippen LogP contribution in [0.1, 0.15) is 42.6 Å². The van der Waals surface area contributed by atoms with Crippen molar-refractivity contribution in [2.24, 2.45) is 5.92 Å². The molecule has 0 unspecified atom stereocenters. The lowest BCUT2D eigenvalue weighted by atomic mass is 10.1. The zero-order chi connectivity index (χ0) is 13.3. The third-order valence-corrected chi connectivity index (χ3v) is 3.39. The largest absolute Gasteiger partial charge is 0.336 e. The lowest BCUT2D eigenvalue weighted by Crippen LogP contribution is -2.38. The maximum absolute atomic E-state index is 13.8. The molecule has 1 saturated carbocycles. The van der Waals surface area contributed by atoms with E-state index in [2.05, 4.69) is 0 Å². The fourth-order valence-corrected chi connectivity index (χ4v) is 2.06. The fraction of sp³-hybridized carbons (Fsp3) is 0.533. The van der Waals surface area contributed by atoms with Crippen molar-refractivity contribution >= 4 is 5.91 Å². The highest BCUT2D eigenvalue weighted by Crippen LogP contribution is 2.31. The summed E-state index contributed by atoms with van der Waals surface area (Å²) < 4.78 is 13.8. The fourth-order valence-electron chi connectivity index (χ4n) is 2.06. The van der Waals surface area contributed by atoms with E-state index >= 15 is 0 Å². The first-order valence-corrected chi connectivity index (χ1v) is 6.56. The molecule has 1 amide bonds. The summed E-state index contributed by atoms with van der Waals surface area (Å²) in [6.07, 6.45) is 2.37. The van der Waals surface area contributed by atoms with Crippen molar-refractivity contribution in [2.75, 3.05) is 6.54 Å². The van der Waals surface area contributed by atoms with Crippen LogP contribution in [0, 0.1) is 18.7 Å². The van der Waals surface area contributed by atoms with E-state index in [1.54, 1.807) is 17.0 Å². The Labute approximate surface area is 108 Å². The maximum Gasteiger partial charge on any atom is 0.257 e. The summed E-state index contributed by atoms with van der Waals surface area (Å²) in [7, 11) is 0. The molecule has 0 saturated heterocycles. The molecule has 1 aromatic rings. The highest BCUT2D eigenvalue weighted by molar-refractivity contribution is 5.94. The second-order valence-corrected chi connectivity index (χ2v) is 5.48. The van der Waals surface area contributed by atoms with Gasteiger partial charge in [0, 0.05) is 12.6 Å². The molecule has 0 bridgehead atoms. The smallest absolute Gasteiger partial charge is 0.257 e. The van der Waals surface area contributed by atoms with Gasteiger partial charge in [0.25, 0.3) is 5.91 Å². The summed E-state index contributed by atoms with van der Waals surface area (Å²) in [5.74, 6) is 0.0145. The molecule has 1 aliphatic rings. The van der Waals surface area contributed by atoms with Gasteiger partial charge in [0.1, 0.15) is 5.82 Å². The number of amides is 1. The van der Waals surface area contributed by atoms with E-state index in [9.17, 15) is 9.18 Å². The quantitative estimate of drug-likeness (QED) is 0.801. The van der Waals surface area contributed by atoms with Crippen molar-refractivity contribution in [1.29, 1.82) is 0 Å². The van der Waals surface area contributed by atoms with Crippen LogP contribution in [0.4, 0.5) is 4.39 Å². The van der Waals surface area contributed by atoms with Gasteiger partial charge in [-0.2, -0.15) is 0 Å². The monoisotopic (exact) mass is 249 g/mol. The minimum atomic E-state index is -0.415. The molecule has 0 heterocycles. The van der Waals surface area contributed by atoms with Crippen LogP contribution in [-0.2, 0) is 0 Å². The summed E-state index contributed by atoms with van der Waals surface area (Å²) in [5.41, 5.74) is 1.03. The molecule has 1 aromatic carbocycles. The third kappa shape index (κ3) is 2.89. The summed E-state index contributed by atoms with van der Waals surface area (Å²) in [4.78, 5) is 14.2. The van der Waals surface area contributed by atoms with Gasteiger partial charge in [0.05, 0.1) is 5.56 Å². The van der Waals surface area contributed by atoms with E-state index < -0.39 is 5.82 Å². The van der Waals surface area contributed by atoms with E-state index in [-0.39, 0.29) is 17.5 Å². The van der Waals surface area contributed by atoms with Crippen LogP contribution in [-0.4, -0.2) is 23.4 Å². The molecule has 0 atom stereocenters. The first-order chi connectivity index (χ1) is 8.49. The number of rotatable bonds is 4.